The molecule has 0 saturated heterocycles. The lowest BCUT2D eigenvalue weighted by molar-refractivity contribution is 0.550. The maximum atomic E-state index is 12.1. The number of aryl methyl sites for hydroxylation is 2. The predicted octanol–water partition coefficient (Wildman–Crippen LogP) is 1.01. The van der Waals surface area contributed by atoms with E-state index in [1.165, 1.54) is 0 Å². The van der Waals surface area contributed by atoms with Gasteiger partial charge in [0, 0.05) is 25.3 Å². The lowest BCUT2D eigenvalue weighted by Gasteiger charge is -2.10. The average Bonchev–Trinajstić information content (AvgIpc) is 2.71. The van der Waals surface area contributed by atoms with Crippen LogP contribution in [0.15, 0.2) is 11.2 Å². The first kappa shape index (κ1) is 16.1. The van der Waals surface area contributed by atoms with Crippen molar-refractivity contribution < 1.29 is 8.42 Å². The Kier molecular flexibility index (Phi) is 5.96. The number of hydrogen-bond donors (Lipinski definition) is 2. The number of nitrogens with one attached hydrogen (secondary N) is 1. The van der Waals surface area contributed by atoms with E-state index in [4.69, 9.17) is 5.73 Å². The van der Waals surface area contributed by atoms with Crippen LogP contribution in [0.1, 0.15) is 38.9 Å². The Labute approximate surface area is 115 Å². The number of sulfonamides is 1. The Morgan fingerprint density at radius 2 is 2.11 bits per heavy atom. The highest BCUT2D eigenvalue weighted by Crippen LogP contribution is 2.09. The van der Waals surface area contributed by atoms with Crippen LogP contribution in [0.4, 0.5) is 0 Å². The molecule has 6 nitrogen and oxygen atoms in total. The molecule has 0 spiro atoms. The fourth-order valence-electron chi connectivity index (χ4n) is 1.84. The monoisotopic (exact) mass is 288 g/mol. The minimum atomic E-state index is -3.56. The standard InChI is InChI=1S/C12H24N4O2S/c1-4-6-11(13)8-14-19(17,18)12-9-16(7-5-2)10(3)15-12/h9,11,14H,4-8,13H2,1-3H3. The molecule has 0 saturated carbocycles. The molecule has 1 atom stereocenters. The quantitative estimate of drug-likeness (QED) is 0.747. The molecule has 1 aromatic heterocycles. The number of imidazole rings is 1. The molecule has 0 fully saturated rings. The SMILES string of the molecule is CCCC(N)CNS(=O)(=O)c1cn(CCC)c(C)n1. The van der Waals surface area contributed by atoms with Gasteiger partial charge in [0.25, 0.3) is 10.0 Å². The number of hydrogen-bond acceptors (Lipinski definition) is 4. The normalized spacial score (nSPS) is 13.7. The van der Waals surface area contributed by atoms with Crippen LogP contribution in [0, 0.1) is 6.92 Å². The molecular weight excluding hydrogens is 264 g/mol. The van der Waals surface area contributed by atoms with Crippen LogP contribution in [0.5, 0.6) is 0 Å². The minimum absolute atomic E-state index is 0.0714. The summed E-state index contributed by atoms with van der Waals surface area (Å²) in [5.41, 5.74) is 5.80. The van der Waals surface area contributed by atoms with Crippen molar-refractivity contribution >= 4 is 10.0 Å². The van der Waals surface area contributed by atoms with Crippen LogP contribution in [0.3, 0.4) is 0 Å². The molecule has 1 rings (SSSR count). The van der Waals surface area contributed by atoms with Gasteiger partial charge in [0.2, 0.25) is 0 Å². The summed E-state index contributed by atoms with van der Waals surface area (Å²) in [5.74, 6) is 0.708. The van der Waals surface area contributed by atoms with Crippen molar-refractivity contribution in [1.29, 1.82) is 0 Å². The zero-order valence-electron chi connectivity index (χ0n) is 11.9. The molecule has 0 bridgehead atoms. The molecule has 110 valence electrons. The van der Waals surface area contributed by atoms with Crippen LogP contribution in [-0.4, -0.2) is 30.6 Å². The Hall–Kier alpha value is -0.920. The first-order valence-corrected chi connectivity index (χ1v) is 8.18. The highest BCUT2D eigenvalue weighted by Gasteiger charge is 2.19. The van der Waals surface area contributed by atoms with Gasteiger partial charge >= 0.3 is 0 Å². The summed E-state index contributed by atoms with van der Waals surface area (Å²) in [4.78, 5) is 4.10. The first-order chi connectivity index (χ1) is 8.90. The number of nitrogens with zero attached hydrogens (tertiary/aromatic N) is 2. The molecule has 0 aliphatic rings. The van der Waals surface area contributed by atoms with Crippen molar-refractivity contribution in [2.45, 2.75) is 57.6 Å². The Bertz CT molecular complexity index is 496. The van der Waals surface area contributed by atoms with E-state index < -0.39 is 10.0 Å². The van der Waals surface area contributed by atoms with Crippen LogP contribution in [0.25, 0.3) is 0 Å². The number of aromatic nitrogens is 2. The van der Waals surface area contributed by atoms with E-state index in [1.807, 2.05) is 18.4 Å². The van der Waals surface area contributed by atoms with Gasteiger partial charge in [-0.25, -0.2) is 18.1 Å². The van der Waals surface area contributed by atoms with Gasteiger partial charge < -0.3 is 10.3 Å². The highest BCUT2D eigenvalue weighted by molar-refractivity contribution is 7.89. The van der Waals surface area contributed by atoms with Gasteiger partial charge in [-0.1, -0.05) is 20.3 Å². The molecular formula is C12H24N4O2S. The lowest BCUT2D eigenvalue weighted by Crippen LogP contribution is -2.37. The Morgan fingerprint density at radius 1 is 1.42 bits per heavy atom. The second kappa shape index (κ2) is 7.02. The first-order valence-electron chi connectivity index (χ1n) is 6.69. The van der Waals surface area contributed by atoms with Gasteiger partial charge in [-0.2, -0.15) is 0 Å². The van der Waals surface area contributed by atoms with Gasteiger partial charge in [-0.15, -0.1) is 0 Å². The summed E-state index contributed by atoms with van der Waals surface area (Å²) >= 11 is 0. The zero-order chi connectivity index (χ0) is 14.5. The topological polar surface area (TPSA) is 90.0 Å². The molecule has 1 aromatic rings. The van der Waals surface area contributed by atoms with E-state index in [-0.39, 0.29) is 17.6 Å². The van der Waals surface area contributed by atoms with E-state index >= 15 is 0 Å². The van der Waals surface area contributed by atoms with Gasteiger partial charge in [-0.05, 0) is 19.8 Å². The average molecular weight is 288 g/mol. The largest absolute Gasteiger partial charge is 0.334 e. The van der Waals surface area contributed by atoms with Crippen molar-refractivity contribution in [2.24, 2.45) is 5.73 Å². The van der Waals surface area contributed by atoms with E-state index in [9.17, 15) is 8.42 Å². The van der Waals surface area contributed by atoms with Gasteiger partial charge in [0.1, 0.15) is 5.82 Å². The highest BCUT2D eigenvalue weighted by atomic mass is 32.2. The molecule has 19 heavy (non-hydrogen) atoms. The summed E-state index contributed by atoms with van der Waals surface area (Å²) in [5, 5.41) is 0.0714. The van der Waals surface area contributed by atoms with E-state index in [0.29, 0.717) is 5.82 Å². The van der Waals surface area contributed by atoms with Crippen molar-refractivity contribution in [3.8, 4) is 0 Å². The molecule has 0 amide bonds. The molecule has 0 aliphatic heterocycles. The van der Waals surface area contributed by atoms with Crippen LogP contribution >= 0.6 is 0 Å². The summed E-state index contributed by atoms with van der Waals surface area (Å²) < 4.78 is 28.5. The third-order valence-electron chi connectivity index (χ3n) is 2.89. The summed E-state index contributed by atoms with van der Waals surface area (Å²) in [7, 11) is -3.56. The molecule has 3 N–H and O–H groups in total. The second-order valence-corrected chi connectivity index (χ2v) is 6.43. The Balaban J connectivity index is 2.74. The fourth-order valence-corrected chi connectivity index (χ4v) is 2.94. The molecule has 1 unspecified atom stereocenters. The van der Waals surface area contributed by atoms with Crippen molar-refractivity contribution in [3.05, 3.63) is 12.0 Å². The molecule has 0 radical (unpaired) electrons. The van der Waals surface area contributed by atoms with Gasteiger partial charge in [-0.3, -0.25) is 0 Å². The maximum Gasteiger partial charge on any atom is 0.259 e. The molecule has 0 aromatic carbocycles. The molecule has 0 aliphatic carbocycles. The summed E-state index contributed by atoms with van der Waals surface area (Å²) in [6, 6.07) is -0.154. The third kappa shape index (κ3) is 4.59. The smallest absolute Gasteiger partial charge is 0.259 e. The van der Waals surface area contributed by atoms with E-state index in [2.05, 4.69) is 9.71 Å². The fraction of sp³-hybridized carbons (Fsp3) is 0.750. The van der Waals surface area contributed by atoms with Gasteiger partial charge in [0.05, 0.1) is 0 Å². The number of rotatable bonds is 8. The van der Waals surface area contributed by atoms with E-state index in [1.54, 1.807) is 13.1 Å². The maximum absolute atomic E-state index is 12.1. The number of nitrogens with two attached hydrogens (primary N) is 1. The van der Waals surface area contributed by atoms with Gasteiger partial charge in [0.15, 0.2) is 5.03 Å². The van der Waals surface area contributed by atoms with Crippen LogP contribution in [0.2, 0.25) is 0 Å². The predicted molar refractivity (Wildman–Crippen MR) is 75.3 cm³/mol. The minimum Gasteiger partial charge on any atom is -0.334 e. The molecule has 1 heterocycles. The van der Waals surface area contributed by atoms with E-state index in [0.717, 1.165) is 25.8 Å². The van der Waals surface area contributed by atoms with Crippen molar-refractivity contribution in [2.75, 3.05) is 6.54 Å². The summed E-state index contributed by atoms with van der Waals surface area (Å²) in [6.45, 7) is 6.87. The third-order valence-corrected chi connectivity index (χ3v) is 4.18. The zero-order valence-corrected chi connectivity index (χ0v) is 12.7. The van der Waals surface area contributed by atoms with Crippen LogP contribution in [-0.2, 0) is 16.6 Å². The van der Waals surface area contributed by atoms with Crippen molar-refractivity contribution in [3.63, 3.8) is 0 Å². The van der Waals surface area contributed by atoms with Crippen molar-refractivity contribution in [1.82, 2.24) is 14.3 Å². The second-order valence-electron chi connectivity index (χ2n) is 4.72. The molecule has 7 heteroatoms. The Morgan fingerprint density at radius 3 is 2.68 bits per heavy atom. The van der Waals surface area contributed by atoms with Crippen LogP contribution < -0.4 is 10.5 Å². The lowest BCUT2D eigenvalue weighted by atomic mass is 10.2. The summed E-state index contributed by atoms with van der Waals surface area (Å²) in [6.07, 6.45) is 4.25.